The third-order valence-corrected chi connectivity index (χ3v) is 7.85. The van der Waals surface area contributed by atoms with E-state index in [1.165, 1.54) is 43.3 Å². The minimum Gasteiger partial charge on any atom is -0.493 e. The van der Waals surface area contributed by atoms with Gasteiger partial charge in [0, 0.05) is 37.7 Å². The predicted octanol–water partition coefficient (Wildman–Crippen LogP) is 4.12. The monoisotopic (exact) mass is 468 g/mol. The van der Waals surface area contributed by atoms with E-state index in [2.05, 4.69) is 33.3 Å². The summed E-state index contributed by atoms with van der Waals surface area (Å²) in [6, 6.07) is 7.05. The van der Waals surface area contributed by atoms with Gasteiger partial charge in [0.2, 0.25) is 0 Å². The molecule has 186 valence electrons. The number of hydrogen-bond donors (Lipinski definition) is 1. The highest BCUT2D eigenvalue weighted by Gasteiger charge is 2.29. The number of nitrogens with zero attached hydrogens (tertiary/aromatic N) is 3. The maximum absolute atomic E-state index is 6.20. The third-order valence-electron chi connectivity index (χ3n) is 7.85. The van der Waals surface area contributed by atoms with E-state index in [0.717, 1.165) is 74.9 Å². The molecule has 3 aliphatic rings. The van der Waals surface area contributed by atoms with Crippen LogP contribution in [0.1, 0.15) is 50.0 Å². The topological polar surface area (TPSA) is 59.1 Å². The Labute approximate surface area is 203 Å². The highest BCUT2D eigenvalue weighted by molar-refractivity contribution is 5.88. The van der Waals surface area contributed by atoms with Crippen LogP contribution in [-0.2, 0) is 4.74 Å². The molecule has 5 rings (SSSR count). The van der Waals surface area contributed by atoms with Crippen LogP contribution >= 0.6 is 0 Å². The Morgan fingerprint density at radius 2 is 1.88 bits per heavy atom. The third kappa shape index (κ3) is 5.26. The van der Waals surface area contributed by atoms with Crippen molar-refractivity contribution in [3.05, 3.63) is 23.8 Å². The first-order valence-electron chi connectivity index (χ1n) is 13.1. The molecule has 0 spiro atoms. The molecule has 0 saturated carbocycles. The van der Waals surface area contributed by atoms with Crippen molar-refractivity contribution in [1.29, 1.82) is 0 Å². The normalized spacial score (nSPS) is 22.5. The van der Waals surface area contributed by atoms with Crippen LogP contribution in [0.15, 0.2) is 18.2 Å². The number of piperidine rings is 1. The molecule has 1 aromatic carbocycles. The lowest BCUT2D eigenvalue weighted by atomic mass is 9.86. The van der Waals surface area contributed by atoms with E-state index in [1.54, 1.807) is 7.11 Å². The van der Waals surface area contributed by atoms with Crippen molar-refractivity contribution in [3.8, 4) is 11.5 Å². The van der Waals surface area contributed by atoms with E-state index in [1.807, 2.05) is 7.05 Å². The van der Waals surface area contributed by atoms with Gasteiger partial charge in [0.15, 0.2) is 11.5 Å². The molecule has 3 saturated heterocycles. The lowest BCUT2D eigenvalue weighted by molar-refractivity contribution is 0.122. The molecule has 1 N–H and O–H groups in total. The molecule has 1 atom stereocenters. The van der Waals surface area contributed by atoms with Crippen molar-refractivity contribution < 1.29 is 14.2 Å². The Kier molecular flexibility index (Phi) is 7.72. The van der Waals surface area contributed by atoms with Crippen molar-refractivity contribution in [2.45, 2.75) is 50.5 Å². The van der Waals surface area contributed by atoms with Crippen molar-refractivity contribution in [1.82, 2.24) is 14.8 Å². The van der Waals surface area contributed by atoms with Crippen LogP contribution < -0.4 is 14.8 Å². The minimum atomic E-state index is 0.521. The van der Waals surface area contributed by atoms with Gasteiger partial charge in [-0.25, -0.2) is 4.98 Å². The number of likely N-dealkylation sites (tertiary alicyclic amines) is 2. The van der Waals surface area contributed by atoms with Gasteiger partial charge < -0.3 is 24.4 Å². The maximum Gasteiger partial charge on any atom is 0.163 e. The highest BCUT2D eigenvalue weighted by atomic mass is 16.5. The summed E-state index contributed by atoms with van der Waals surface area (Å²) in [7, 11) is 3.68. The second-order valence-corrected chi connectivity index (χ2v) is 9.95. The van der Waals surface area contributed by atoms with Crippen LogP contribution in [-0.4, -0.2) is 87.5 Å². The summed E-state index contributed by atoms with van der Waals surface area (Å²) in [6.45, 7) is 8.32. The summed E-state index contributed by atoms with van der Waals surface area (Å²) in [4.78, 5) is 10.0. The first-order valence-corrected chi connectivity index (χ1v) is 13.1. The van der Waals surface area contributed by atoms with Gasteiger partial charge >= 0.3 is 0 Å². The molecule has 34 heavy (non-hydrogen) atoms. The Hall–Kier alpha value is -2.09. The molecule has 1 aromatic heterocycles. The largest absolute Gasteiger partial charge is 0.493 e. The average molecular weight is 469 g/mol. The number of aromatic nitrogens is 1. The zero-order valence-electron chi connectivity index (χ0n) is 20.9. The first-order chi connectivity index (χ1) is 16.7. The standard InChI is InChI=1S/C27H40N4O3/c1-28-27-17-22(20-6-12-31(13-7-20)21-8-15-33-19-21)23-16-25(32-2)26(18-24(23)29-27)34-14-5-11-30-9-3-4-10-30/h16-18,20-21H,3-15,19H2,1-2H3,(H,28,29). The van der Waals surface area contributed by atoms with Gasteiger partial charge in [0.25, 0.3) is 0 Å². The molecule has 0 amide bonds. The van der Waals surface area contributed by atoms with E-state index in [0.29, 0.717) is 18.6 Å². The first kappa shape index (κ1) is 23.6. The number of hydrogen-bond acceptors (Lipinski definition) is 7. The molecule has 3 aliphatic heterocycles. The Morgan fingerprint density at radius 3 is 2.59 bits per heavy atom. The molecular formula is C27H40N4O3. The fraction of sp³-hybridized carbons (Fsp3) is 0.667. The molecule has 3 fully saturated rings. The number of rotatable bonds is 9. The van der Waals surface area contributed by atoms with Crippen LogP contribution in [0.25, 0.3) is 10.9 Å². The number of benzene rings is 1. The summed E-state index contributed by atoms with van der Waals surface area (Å²) in [5.41, 5.74) is 2.35. The molecule has 2 aromatic rings. The summed E-state index contributed by atoms with van der Waals surface area (Å²) < 4.78 is 17.6. The van der Waals surface area contributed by atoms with E-state index in [9.17, 15) is 0 Å². The molecule has 0 bridgehead atoms. The zero-order valence-corrected chi connectivity index (χ0v) is 20.9. The van der Waals surface area contributed by atoms with Crippen LogP contribution in [0.4, 0.5) is 5.82 Å². The van der Waals surface area contributed by atoms with E-state index < -0.39 is 0 Å². The minimum absolute atomic E-state index is 0.521. The number of fused-ring (bicyclic) bond motifs is 1. The van der Waals surface area contributed by atoms with Crippen LogP contribution in [0.2, 0.25) is 0 Å². The van der Waals surface area contributed by atoms with E-state index in [4.69, 9.17) is 19.2 Å². The zero-order chi connectivity index (χ0) is 23.3. The molecule has 7 nitrogen and oxygen atoms in total. The van der Waals surface area contributed by atoms with E-state index in [-0.39, 0.29) is 0 Å². The second kappa shape index (κ2) is 11.1. The van der Waals surface area contributed by atoms with Crippen LogP contribution in [0.5, 0.6) is 11.5 Å². The Balaban J connectivity index is 1.32. The predicted molar refractivity (Wildman–Crippen MR) is 136 cm³/mol. The number of anilines is 1. The molecular weight excluding hydrogens is 428 g/mol. The summed E-state index contributed by atoms with van der Waals surface area (Å²) in [6.07, 6.45) is 7.18. The van der Waals surface area contributed by atoms with Gasteiger partial charge in [0.05, 0.1) is 25.8 Å². The van der Waals surface area contributed by atoms with Gasteiger partial charge in [-0.3, -0.25) is 4.90 Å². The van der Waals surface area contributed by atoms with E-state index >= 15 is 0 Å². The van der Waals surface area contributed by atoms with Crippen molar-refractivity contribution in [2.75, 3.05) is 72.0 Å². The summed E-state index contributed by atoms with van der Waals surface area (Å²) >= 11 is 0. The number of pyridine rings is 1. The van der Waals surface area contributed by atoms with Gasteiger partial charge in [-0.15, -0.1) is 0 Å². The molecule has 1 unspecified atom stereocenters. The Bertz CT molecular complexity index is 949. The molecule has 7 heteroatoms. The smallest absolute Gasteiger partial charge is 0.163 e. The van der Waals surface area contributed by atoms with Gasteiger partial charge in [0.1, 0.15) is 5.82 Å². The van der Waals surface area contributed by atoms with Crippen LogP contribution in [0.3, 0.4) is 0 Å². The van der Waals surface area contributed by atoms with Crippen molar-refractivity contribution in [3.63, 3.8) is 0 Å². The van der Waals surface area contributed by atoms with Gasteiger partial charge in [-0.05, 0) is 88.3 Å². The van der Waals surface area contributed by atoms with Crippen molar-refractivity contribution >= 4 is 16.7 Å². The quantitative estimate of drug-likeness (QED) is 0.556. The molecule has 0 aliphatic carbocycles. The van der Waals surface area contributed by atoms with Gasteiger partial charge in [-0.1, -0.05) is 0 Å². The summed E-state index contributed by atoms with van der Waals surface area (Å²) in [5.74, 6) is 3.03. The number of ether oxygens (including phenoxy) is 3. The van der Waals surface area contributed by atoms with Crippen LogP contribution in [0, 0.1) is 0 Å². The van der Waals surface area contributed by atoms with Gasteiger partial charge in [-0.2, -0.15) is 0 Å². The fourth-order valence-electron chi connectivity index (χ4n) is 5.86. The number of methoxy groups -OCH3 is 1. The lowest BCUT2D eigenvalue weighted by Gasteiger charge is -2.36. The highest BCUT2D eigenvalue weighted by Crippen LogP contribution is 2.39. The van der Waals surface area contributed by atoms with Crippen molar-refractivity contribution in [2.24, 2.45) is 0 Å². The molecule has 0 radical (unpaired) electrons. The molecule has 4 heterocycles. The fourth-order valence-corrected chi connectivity index (χ4v) is 5.86. The SMILES string of the molecule is CNc1cc(C2CCN(C3CCOC3)CC2)c2cc(OC)c(OCCCN3CCCC3)cc2n1. The average Bonchev–Trinajstić information content (AvgIpc) is 3.60. The summed E-state index contributed by atoms with van der Waals surface area (Å²) in [5, 5.41) is 4.45. The lowest BCUT2D eigenvalue weighted by Crippen LogP contribution is -2.41. The maximum atomic E-state index is 6.20. The second-order valence-electron chi connectivity index (χ2n) is 9.95. The number of nitrogens with one attached hydrogen (secondary N) is 1. The Morgan fingerprint density at radius 1 is 1.06 bits per heavy atom.